The van der Waals surface area contributed by atoms with Crippen molar-refractivity contribution in [3.05, 3.63) is 0 Å². The summed E-state index contributed by atoms with van der Waals surface area (Å²) in [4.78, 5) is 23.2. The third kappa shape index (κ3) is 21.2. The molecule has 0 aromatic rings. The highest BCUT2D eigenvalue weighted by Gasteiger charge is 2.06. The minimum absolute atomic E-state index is 0.136. The van der Waals surface area contributed by atoms with Gasteiger partial charge in [0, 0.05) is 12.8 Å². The van der Waals surface area contributed by atoms with Crippen LogP contribution in [0, 0.1) is 0 Å². The van der Waals surface area contributed by atoms with Crippen LogP contribution in [0.3, 0.4) is 0 Å². The normalized spacial score (nSPS) is 10.8. The Balaban J connectivity index is 3.26. The molecule has 0 amide bonds. The standard InChI is InChI=1S/C24H46O4/c1-3-5-7-8-9-10-11-12-13-14-18-22-28-24(26)20-16-15-19-23(25)27-21-17-6-4-2/h3-22H2,1-2H3. The van der Waals surface area contributed by atoms with Gasteiger partial charge in [0.1, 0.15) is 0 Å². The Morgan fingerprint density at radius 3 is 1.21 bits per heavy atom. The summed E-state index contributed by atoms with van der Waals surface area (Å²) in [6.07, 6.45) is 19.6. The maximum Gasteiger partial charge on any atom is 0.305 e. The van der Waals surface area contributed by atoms with Crippen LogP contribution in [-0.4, -0.2) is 25.2 Å². The first kappa shape index (κ1) is 26.9. The van der Waals surface area contributed by atoms with Gasteiger partial charge in [0.05, 0.1) is 13.2 Å². The van der Waals surface area contributed by atoms with Crippen LogP contribution >= 0.6 is 0 Å². The average molecular weight is 399 g/mol. The van der Waals surface area contributed by atoms with Crippen LogP contribution in [-0.2, 0) is 19.1 Å². The predicted octanol–water partition coefficient (Wildman–Crippen LogP) is 7.13. The van der Waals surface area contributed by atoms with Crippen LogP contribution in [0.5, 0.6) is 0 Å². The SMILES string of the molecule is CCCCCCCCCCCCCOC(=O)CCCCC(=O)OCCCCC. The van der Waals surface area contributed by atoms with Crippen molar-refractivity contribution in [2.24, 2.45) is 0 Å². The molecule has 4 nitrogen and oxygen atoms in total. The molecule has 0 unspecified atom stereocenters. The Bertz CT molecular complexity index is 355. The molecule has 0 atom stereocenters. The molecule has 0 rings (SSSR count). The second kappa shape index (κ2) is 22.2. The van der Waals surface area contributed by atoms with Crippen molar-refractivity contribution in [2.45, 2.75) is 129 Å². The smallest absolute Gasteiger partial charge is 0.305 e. The second-order valence-electron chi connectivity index (χ2n) is 7.89. The Hall–Kier alpha value is -1.06. The fraction of sp³-hybridized carbons (Fsp3) is 0.917. The monoisotopic (exact) mass is 398 g/mol. The van der Waals surface area contributed by atoms with E-state index in [-0.39, 0.29) is 11.9 Å². The van der Waals surface area contributed by atoms with Gasteiger partial charge in [-0.3, -0.25) is 9.59 Å². The van der Waals surface area contributed by atoms with Gasteiger partial charge in [0.2, 0.25) is 0 Å². The van der Waals surface area contributed by atoms with Gasteiger partial charge in [-0.15, -0.1) is 0 Å². The highest BCUT2D eigenvalue weighted by molar-refractivity contribution is 5.70. The molecule has 0 aliphatic carbocycles. The Kier molecular flexibility index (Phi) is 21.4. The molecule has 0 aromatic carbocycles. The van der Waals surface area contributed by atoms with Crippen molar-refractivity contribution >= 4 is 11.9 Å². The Labute approximate surface area is 174 Å². The molecule has 0 aromatic heterocycles. The van der Waals surface area contributed by atoms with E-state index in [1.165, 1.54) is 57.8 Å². The van der Waals surface area contributed by atoms with E-state index in [2.05, 4.69) is 13.8 Å². The Morgan fingerprint density at radius 1 is 0.464 bits per heavy atom. The summed E-state index contributed by atoms with van der Waals surface area (Å²) in [5.41, 5.74) is 0. The molecule has 0 aliphatic heterocycles. The average Bonchev–Trinajstić information content (AvgIpc) is 2.69. The molecule has 0 saturated heterocycles. The minimum Gasteiger partial charge on any atom is -0.466 e. The molecule has 28 heavy (non-hydrogen) atoms. The van der Waals surface area contributed by atoms with E-state index in [9.17, 15) is 9.59 Å². The molecule has 0 aliphatic rings. The molecule has 0 spiro atoms. The lowest BCUT2D eigenvalue weighted by molar-refractivity contribution is -0.146. The highest BCUT2D eigenvalue weighted by Crippen LogP contribution is 2.11. The number of carbonyl (C=O) groups excluding carboxylic acids is 2. The van der Waals surface area contributed by atoms with Gasteiger partial charge >= 0.3 is 11.9 Å². The zero-order valence-corrected chi connectivity index (χ0v) is 18.8. The maximum absolute atomic E-state index is 11.7. The van der Waals surface area contributed by atoms with E-state index in [0.29, 0.717) is 38.9 Å². The molecule has 0 radical (unpaired) electrons. The van der Waals surface area contributed by atoms with Crippen molar-refractivity contribution in [2.75, 3.05) is 13.2 Å². The van der Waals surface area contributed by atoms with Crippen LogP contribution in [0.15, 0.2) is 0 Å². The highest BCUT2D eigenvalue weighted by atomic mass is 16.5. The van der Waals surface area contributed by atoms with Crippen molar-refractivity contribution in [1.82, 2.24) is 0 Å². The van der Waals surface area contributed by atoms with E-state index in [1.54, 1.807) is 0 Å². The largest absolute Gasteiger partial charge is 0.466 e. The van der Waals surface area contributed by atoms with Gasteiger partial charge in [0.25, 0.3) is 0 Å². The van der Waals surface area contributed by atoms with Crippen LogP contribution in [0.2, 0.25) is 0 Å². The van der Waals surface area contributed by atoms with Crippen LogP contribution in [0.1, 0.15) is 129 Å². The van der Waals surface area contributed by atoms with Crippen molar-refractivity contribution in [3.63, 3.8) is 0 Å². The maximum atomic E-state index is 11.7. The van der Waals surface area contributed by atoms with Crippen LogP contribution in [0.4, 0.5) is 0 Å². The lowest BCUT2D eigenvalue weighted by Crippen LogP contribution is -2.08. The van der Waals surface area contributed by atoms with Gasteiger partial charge in [0.15, 0.2) is 0 Å². The van der Waals surface area contributed by atoms with E-state index in [0.717, 1.165) is 32.1 Å². The molecular weight excluding hydrogens is 352 g/mol. The summed E-state index contributed by atoms with van der Waals surface area (Å²) in [6.45, 7) is 5.44. The predicted molar refractivity (Wildman–Crippen MR) is 116 cm³/mol. The van der Waals surface area contributed by atoms with Crippen LogP contribution < -0.4 is 0 Å². The molecule has 166 valence electrons. The molecular formula is C24H46O4. The van der Waals surface area contributed by atoms with Gasteiger partial charge in [-0.05, 0) is 25.7 Å². The van der Waals surface area contributed by atoms with Gasteiger partial charge in [-0.25, -0.2) is 0 Å². The fourth-order valence-electron chi connectivity index (χ4n) is 3.17. The second-order valence-corrected chi connectivity index (χ2v) is 7.89. The number of carbonyl (C=O) groups is 2. The van der Waals surface area contributed by atoms with E-state index >= 15 is 0 Å². The minimum atomic E-state index is -0.148. The molecule has 0 heterocycles. The quantitative estimate of drug-likeness (QED) is 0.152. The lowest BCUT2D eigenvalue weighted by atomic mass is 10.1. The van der Waals surface area contributed by atoms with Crippen molar-refractivity contribution in [1.29, 1.82) is 0 Å². The molecule has 0 saturated carbocycles. The first-order chi connectivity index (χ1) is 13.7. The van der Waals surface area contributed by atoms with Gasteiger partial charge < -0.3 is 9.47 Å². The van der Waals surface area contributed by atoms with E-state index in [1.807, 2.05) is 0 Å². The molecule has 0 bridgehead atoms. The van der Waals surface area contributed by atoms with Gasteiger partial charge in [-0.2, -0.15) is 0 Å². The molecule has 0 N–H and O–H groups in total. The number of hydrogen-bond acceptors (Lipinski definition) is 4. The van der Waals surface area contributed by atoms with E-state index < -0.39 is 0 Å². The third-order valence-corrected chi connectivity index (χ3v) is 5.03. The molecule has 4 heteroatoms. The summed E-state index contributed by atoms with van der Waals surface area (Å²) in [7, 11) is 0. The topological polar surface area (TPSA) is 52.6 Å². The number of esters is 2. The zero-order chi connectivity index (χ0) is 20.7. The first-order valence-corrected chi connectivity index (χ1v) is 12.0. The zero-order valence-electron chi connectivity index (χ0n) is 18.8. The summed E-state index contributed by atoms with van der Waals surface area (Å²) < 4.78 is 10.4. The van der Waals surface area contributed by atoms with Gasteiger partial charge in [-0.1, -0.05) is 90.9 Å². The number of hydrogen-bond donors (Lipinski definition) is 0. The first-order valence-electron chi connectivity index (χ1n) is 12.0. The number of ether oxygens (including phenoxy) is 2. The summed E-state index contributed by atoms with van der Waals surface area (Å²) in [6, 6.07) is 0. The Morgan fingerprint density at radius 2 is 0.786 bits per heavy atom. The van der Waals surface area contributed by atoms with E-state index in [4.69, 9.17) is 9.47 Å². The number of rotatable bonds is 21. The van der Waals surface area contributed by atoms with Crippen LogP contribution in [0.25, 0.3) is 0 Å². The lowest BCUT2D eigenvalue weighted by Gasteiger charge is -2.06. The molecule has 0 fully saturated rings. The summed E-state index contributed by atoms with van der Waals surface area (Å²) in [5, 5.41) is 0. The fourth-order valence-corrected chi connectivity index (χ4v) is 3.17. The summed E-state index contributed by atoms with van der Waals surface area (Å²) in [5.74, 6) is -0.283. The van der Waals surface area contributed by atoms with Crippen molar-refractivity contribution < 1.29 is 19.1 Å². The summed E-state index contributed by atoms with van der Waals surface area (Å²) >= 11 is 0. The number of unbranched alkanes of at least 4 members (excludes halogenated alkanes) is 13. The third-order valence-electron chi connectivity index (χ3n) is 5.03. The van der Waals surface area contributed by atoms with Crippen molar-refractivity contribution in [3.8, 4) is 0 Å².